The minimum atomic E-state index is -0.670. The molecule has 3 amide bonds. The Labute approximate surface area is 147 Å². The van der Waals surface area contributed by atoms with Crippen LogP contribution in [0.3, 0.4) is 0 Å². The van der Waals surface area contributed by atoms with Gasteiger partial charge in [0.05, 0.1) is 12.7 Å². The van der Waals surface area contributed by atoms with Crippen molar-refractivity contribution in [1.29, 1.82) is 0 Å². The molecule has 0 fully saturated rings. The average molecular weight is 341 g/mol. The second-order valence-electron chi connectivity index (χ2n) is 5.88. The van der Waals surface area contributed by atoms with Crippen molar-refractivity contribution in [3.05, 3.63) is 65.2 Å². The van der Waals surface area contributed by atoms with Crippen molar-refractivity contribution < 1.29 is 14.3 Å². The van der Waals surface area contributed by atoms with Crippen LogP contribution in [-0.4, -0.2) is 18.0 Å². The van der Waals surface area contributed by atoms with Crippen molar-refractivity contribution in [2.24, 2.45) is 5.73 Å². The second-order valence-corrected chi connectivity index (χ2v) is 5.88. The molecule has 0 saturated heterocycles. The SMILES string of the molecule is CC(C)OCc1ccccc1CNC(=O)c1cccc(NC(N)=O)c1. The molecule has 0 aliphatic rings. The van der Waals surface area contributed by atoms with E-state index in [1.165, 1.54) is 0 Å². The molecule has 25 heavy (non-hydrogen) atoms. The van der Waals surface area contributed by atoms with Gasteiger partial charge in [-0.25, -0.2) is 4.79 Å². The second kappa shape index (κ2) is 8.84. The molecule has 0 aliphatic carbocycles. The molecule has 0 atom stereocenters. The number of nitrogens with one attached hydrogen (secondary N) is 2. The maximum absolute atomic E-state index is 12.3. The van der Waals surface area contributed by atoms with Crippen molar-refractivity contribution in [3.8, 4) is 0 Å². The Kier molecular flexibility index (Phi) is 6.54. The third-order valence-corrected chi connectivity index (χ3v) is 3.52. The van der Waals surface area contributed by atoms with E-state index in [4.69, 9.17) is 10.5 Å². The first kappa shape index (κ1) is 18.5. The highest BCUT2D eigenvalue weighted by atomic mass is 16.5. The van der Waals surface area contributed by atoms with E-state index in [-0.39, 0.29) is 12.0 Å². The zero-order valence-electron chi connectivity index (χ0n) is 14.4. The Hall–Kier alpha value is -2.86. The molecule has 0 bridgehead atoms. The van der Waals surface area contributed by atoms with Gasteiger partial charge < -0.3 is 21.1 Å². The van der Waals surface area contributed by atoms with Gasteiger partial charge in [0.1, 0.15) is 0 Å². The summed E-state index contributed by atoms with van der Waals surface area (Å²) in [5.41, 5.74) is 8.06. The molecule has 4 N–H and O–H groups in total. The number of primary amides is 1. The predicted molar refractivity (Wildman–Crippen MR) is 97.2 cm³/mol. The summed E-state index contributed by atoms with van der Waals surface area (Å²) >= 11 is 0. The minimum Gasteiger partial charge on any atom is -0.374 e. The first-order chi connectivity index (χ1) is 12.0. The number of benzene rings is 2. The molecule has 0 unspecified atom stereocenters. The lowest BCUT2D eigenvalue weighted by molar-refractivity contribution is 0.0651. The van der Waals surface area contributed by atoms with Gasteiger partial charge in [-0.15, -0.1) is 0 Å². The van der Waals surface area contributed by atoms with E-state index in [9.17, 15) is 9.59 Å². The molecule has 0 aromatic heterocycles. The fraction of sp³-hybridized carbons (Fsp3) is 0.263. The van der Waals surface area contributed by atoms with Crippen LogP contribution in [0.4, 0.5) is 10.5 Å². The van der Waals surface area contributed by atoms with E-state index in [1.807, 2.05) is 38.1 Å². The Morgan fingerprint density at radius 2 is 1.80 bits per heavy atom. The third-order valence-electron chi connectivity index (χ3n) is 3.52. The molecule has 0 aliphatic heterocycles. The van der Waals surface area contributed by atoms with E-state index in [2.05, 4.69) is 10.6 Å². The number of nitrogens with two attached hydrogens (primary N) is 1. The lowest BCUT2D eigenvalue weighted by Crippen LogP contribution is -2.24. The number of urea groups is 1. The third kappa shape index (κ3) is 5.93. The Morgan fingerprint density at radius 3 is 2.48 bits per heavy atom. The fourth-order valence-corrected chi connectivity index (χ4v) is 2.29. The van der Waals surface area contributed by atoms with E-state index in [0.29, 0.717) is 24.4 Å². The van der Waals surface area contributed by atoms with Crippen LogP contribution in [0.2, 0.25) is 0 Å². The molecule has 2 aromatic rings. The maximum Gasteiger partial charge on any atom is 0.316 e. The van der Waals surface area contributed by atoms with Crippen LogP contribution in [0.25, 0.3) is 0 Å². The molecule has 0 saturated carbocycles. The normalized spacial score (nSPS) is 10.5. The monoisotopic (exact) mass is 341 g/mol. The van der Waals surface area contributed by atoms with E-state index in [1.54, 1.807) is 24.3 Å². The summed E-state index contributed by atoms with van der Waals surface area (Å²) in [6, 6.07) is 13.8. The van der Waals surface area contributed by atoms with Crippen molar-refractivity contribution in [3.63, 3.8) is 0 Å². The molecule has 0 spiro atoms. The number of carbonyl (C=O) groups is 2. The van der Waals surface area contributed by atoms with Gasteiger partial charge in [-0.2, -0.15) is 0 Å². The molecule has 0 heterocycles. The number of carbonyl (C=O) groups excluding carboxylic acids is 2. The van der Waals surface area contributed by atoms with Gasteiger partial charge in [0.25, 0.3) is 5.91 Å². The van der Waals surface area contributed by atoms with Crippen molar-refractivity contribution in [1.82, 2.24) is 5.32 Å². The zero-order valence-corrected chi connectivity index (χ0v) is 14.4. The van der Waals surface area contributed by atoms with Crippen LogP contribution in [-0.2, 0) is 17.9 Å². The van der Waals surface area contributed by atoms with Gasteiger partial charge in [0.15, 0.2) is 0 Å². The largest absolute Gasteiger partial charge is 0.374 e. The van der Waals surface area contributed by atoms with Crippen LogP contribution >= 0.6 is 0 Å². The van der Waals surface area contributed by atoms with Crippen LogP contribution in [0.1, 0.15) is 35.3 Å². The Balaban J connectivity index is 2.01. The van der Waals surface area contributed by atoms with Gasteiger partial charge in [0.2, 0.25) is 0 Å². The van der Waals surface area contributed by atoms with Gasteiger partial charge in [-0.1, -0.05) is 30.3 Å². The summed E-state index contributed by atoms with van der Waals surface area (Å²) < 4.78 is 5.65. The standard InChI is InChI=1S/C19H23N3O3/c1-13(2)25-12-16-7-4-3-6-15(16)11-21-18(23)14-8-5-9-17(10-14)22-19(20)24/h3-10,13H,11-12H2,1-2H3,(H,21,23)(H3,20,22,24). The van der Waals surface area contributed by atoms with Crippen LogP contribution < -0.4 is 16.4 Å². The number of amides is 3. The van der Waals surface area contributed by atoms with E-state index >= 15 is 0 Å². The predicted octanol–water partition coefficient (Wildman–Crippen LogP) is 3.03. The quantitative estimate of drug-likeness (QED) is 0.722. The molecule has 0 radical (unpaired) electrons. The molecular formula is C19H23N3O3. The first-order valence-electron chi connectivity index (χ1n) is 8.09. The van der Waals surface area contributed by atoms with Crippen LogP contribution in [0.15, 0.2) is 48.5 Å². The van der Waals surface area contributed by atoms with Crippen molar-refractivity contribution in [2.45, 2.75) is 33.1 Å². The van der Waals surface area contributed by atoms with Gasteiger partial charge >= 0.3 is 6.03 Å². The Morgan fingerprint density at radius 1 is 1.08 bits per heavy atom. The van der Waals surface area contributed by atoms with Gasteiger partial charge in [-0.3, -0.25) is 4.79 Å². The topological polar surface area (TPSA) is 93.4 Å². The van der Waals surface area contributed by atoms with Crippen LogP contribution in [0, 0.1) is 0 Å². The number of rotatable bonds is 7. The number of hydrogen-bond donors (Lipinski definition) is 3. The molecule has 6 nitrogen and oxygen atoms in total. The summed E-state index contributed by atoms with van der Waals surface area (Å²) in [4.78, 5) is 23.3. The summed E-state index contributed by atoms with van der Waals surface area (Å²) in [5, 5.41) is 5.34. The Bertz CT molecular complexity index is 744. The number of hydrogen-bond acceptors (Lipinski definition) is 3. The zero-order chi connectivity index (χ0) is 18.2. The van der Waals surface area contributed by atoms with Crippen molar-refractivity contribution in [2.75, 3.05) is 5.32 Å². The van der Waals surface area contributed by atoms with Crippen LogP contribution in [0.5, 0.6) is 0 Å². The molecular weight excluding hydrogens is 318 g/mol. The molecule has 2 aromatic carbocycles. The summed E-state index contributed by atoms with van der Waals surface area (Å²) in [6.45, 7) is 4.86. The van der Waals surface area contributed by atoms with Gasteiger partial charge in [0, 0.05) is 17.8 Å². The number of anilines is 1. The molecule has 6 heteroatoms. The van der Waals surface area contributed by atoms with Gasteiger partial charge in [-0.05, 0) is 43.2 Å². The summed E-state index contributed by atoms with van der Waals surface area (Å²) in [7, 11) is 0. The highest BCUT2D eigenvalue weighted by Crippen LogP contribution is 2.13. The maximum atomic E-state index is 12.3. The van der Waals surface area contributed by atoms with E-state index in [0.717, 1.165) is 11.1 Å². The highest BCUT2D eigenvalue weighted by molar-refractivity contribution is 5.96. The van der Waals surface area contributed by atoms with E-state index < -0.39 is 6.03 Å². The van der Waals surface area contributed by atoms with Crippen molar-refractivity contribution >= 4 is 17.6 Å². The number of ether oxygens (including phenoxy) is 1. The fourth-order valence-electron chi connectivity index (χ4n) is 2.29. The average Bonchev–Trinajstić information content (AvgIpc) is 2.58. The summed E-state index contributed by atoms with van der Waals surface area (Å²) in [5.74, 6) is -0.229. The smallest absolute Gasteiger partial charge is 0.316 e. The lowest BCUT2D eigenvalue weighted by atomic mass is 10.1. The molecule has 2 rings (SSSR count). The summed E-state index contributed by atoms with van der Waals surface area (Å²) in [6.07, 6.45) is 0.142. The minimum absolute atomic E-state index is 0.142. The molecule has 132 valence electrons. The first-order valence-corrected chi connectivity index (χ1v) is 8.09. The lowest BCUT2D eigenvalue weighted by Gasteiger charge is -2.13. The highest BCUT2D eigenvalue weighted by Gasteiger charge is 2.09.